The average molecular weight is 287 g/mol. The Kier molecular flexibility index (Phi) is 3.37. The summed E-state index contributed by atoms with van der Waals surface area (Å²) in [6, 6.07) is 6.10. The van der Waals surface area contributed by atoms with Gasteiger partial charge in [-0.1, -0.05) is 12.1 Å². The third-order valence-corrected chi connectivity index (χ3v) is 4.78. The van der Waals surface area contributed by atoms with Gasteiger partial charge in [0.25, 0.3) is 0 Å². The molecule has 1 amide bonds. The van der Waals surface area contributed by atoms with Crippen molar-refractivity contribution in [1.29, 1.82) is 0 Å². The molecule has 0 spiro atoms. The summed E-state index contributed by atoms with van der Waals surface area (Å²) in [4.78, 5) is 11.7. The average Bonchev–Trinajstić information content (AvgIpc) is 2.52. The smallest absolute Gasteiger partial charge is 0.399 e. The number of aryl methyl sites for hydroxylation is 1. The molecule has 1 aromatic rings. The number of benzene rings is 1. The van der Waals surface area contributed by atoms with Crippen LogP contribution in [0.1, 0.15) is 46.1 Å². The van der Waals surface area contributed by atoms with Crippen LogP contribution in [0.2, 0.25) is 0 Å². The highest BCUT2D eigenvalue weighted by Crippen LogP contribution is 2.36. The van der Waals surface area contributed by atoms with Crippen LogP contribution in [0, 0.1) is 0 Å². The van der Waals surface area contributed by atoms with Crippen molar-refractivity contribution in [1.82, 2.24) is 0 Å². The molecular formula is C16H22BNO3. The Morgan fingerprint density at radius 3 is 2.43 bits per heavy atom. The van der Waals surface area contributed by atoms with Gasteiger partial charge in [-0.2, -0.15) is 0 Å². The number of hydrogen-bond donors (Lipinski definition) is 1. The Morgan fingerprint density at radius 2 is 1.76 bits per heavy atom. The number of nitrogens with one attached hydrogen (secondary N) is 1. The van der Waals surface area contributed by atoms with E-state index in [1.165, 1.54) is 5.56 Å². The summed E-state index contributed by atoms with van der Waals surface area (Å²) in [6.45, 7) is 8.16. The van der Waals surface area contributed by atoms with Crippen molar-refractivity contribution in [3.05, 3.63) is 23.8 Å². The van der Waals surface area contributed by atoms with E-state index in [9.17, 15) is 4.79 Å². The first-order chi connectivity index (χ1) is 9.78. The van der Waals surface area contributed by atoms with Crippen LogP contribution >= 0.6 is 0 Å². The molecular weight excluding hydrogens is 265 g/mol. The van der Waals surface area contributed by atoms with Gasteiger partial charge in [-0.05, 0) is 57.6 Å². The molecule has 21 heavy (non-hydrogen) atoms. The second-order valence-electron chi connectivity index (χ2n) is 6.91. The van der Waals surface area contributed by atoms with Crippen LogP contribution in [-0.2, 0) is 20.5 Å². The lowest BCUT2D eigenvalue weighted by atomic mass is 9.78. The molecule has 0 aromatic heterocycles. The first kappa shape index (κ1) is 14.6. The molecule has 2 aliphatic rings. The van der Waals surface area contributed by atoms with Crippen LogP contribution in [0.4, 0.5) is 5.69 Å². The number of carbonyl (C=O) groups excluding carboxylic acids is 1. The first-order valence-electron chi connectivity index (χ1n) is 7.57. The lowest BCUT2D eigenvalue weighted by Gasteiger charge is -2.32. The number of amides is 1. The van der Waals surface area contributed by atoms with Crippen molar-refractivity contribution < 1.29 is 14.1 Å². The van der Waals surface area contributed by atoms with Crippen molar-refractivity contribution in [3.63, 3.8) is 0 Å². The van der Waals surface area contributed by atoms with Gasteiger partial charge in [0.05, 0.1) is 11.2 Å². The monoisotopic (exact) mass is 287 g/mol. The van der Waals surface area contributed by atoms with Crippen LogP contribution in [-0.4, -0.2) is 24.2 Å². The zero-order valence-electron chi connectivity index (χ0n) is 13.2. The number of rotatable bonds is 1. The summed E-state index contributed by atoms with van der Waals surface area (Å²) < 4.78 is 12.1. The van der Waals surface area contributed by atoms with Gasteiger partial charge in [0.15, 0.2) is 0 Å². The van der Waals surface area contributed by atoms with E-state index in [0.717, 1.165) is 24.0 Å². The number of anilines is 1. The van der Waals surface area contributed by atoms with Crippen molar-refractivity contribution in [2.75, 3.05) is 5.32 Å². The first-order valence-corrected chi connectivity index (χ1v) is 7.57. The van der Waals surface area contributed by atoms with E-state index < -0.39 is 0 Å². The molecule has 0 aliphatic carbocycles. The standard InChI is InChI=1S/C16H22BNO3/c1-15(2)16(3,4)21-17(20-15)12-9-8-11-6-5-7-14(19)18-13(11)10-12/h8-10H,5-7H2,1-4H3,(H,18,19). The summed E-state index contributed by atoms with van der Waals surface area (Å²) in [5.41, 5.74) is 2.32. The number of fused-ring (bicyclic) bond motifs is 1. The molecule has 1 fully saturated rings. The maximum absolute atomic E-state index is 11.7. The lowest BCUT2D eigenvalue weighted by molar-refractivity contribution is -0.116. The van der Waals surface area contributed by atoms with E-state index in [1.54, 1.807) is 0 Å². The predicted molar refractivity (Wildman–Crippen MR) is 83.7 cm³/mol. The van der Waals surface area contributed by atoms with Crippen molar-refractivity contribution >= 4 is 24.2 Å². The van der Waals surface area contributed by atoms with E-state index in [1.807, 2.05) is 39.8 Å². The van der Waals surface area contributed by atoms with Crippen LogP contribution in [0.25, 0.3) is 0 Å². The maximum atomic E-state index is 11.7. The van der Waals surface area contributed by atoms with Gasteiger partial charge < -0.3 is 14.6 Å². The summed E-state index contributed by atoms with van der Waals surface area (Å²) in [6.07, 6.45) is 2.41. The Hall–Kier alpha value is -1.33. The van der Waals surface area contributed by atoms with E-state index in [0.29, 0.717) is 6.42 Å². The molecule has 1 saturated heterocycles. The molecule has 3 rings (SSSR count). The highest BCUT2D eigenvalue weighted by Gasteiger charge is 2.51. The summed E-state index contributed by atoms with van der Waals surface area (Å²) in [5, 5.41) is 2.98. The van der Waals surface area contributed by atoms with E-state index >= 15 is 0 Å². The van der Waals surface area contributed by atoms with E-state index in [4.69, 9.17) is 9.31 Å². The van der Waals surface area contributed by atoms with Gasteiger partial charge in [0.2, 0.25) is 5.91 Å². The fraction of sp³-hybridized carbons (Fsp3) is 0.562. The van der Waals surface area contributed by atoms with Gasteiger partial charge in [-0.3, -0.25) is 4.79 Å². The van der Waals surface area contributed by atoms with Gasteiger partial charge in [-0.25, -0.2) is 0 Å². The quantitative estimate of drug-likeness (QED) is 0.806. The molecule has 112 valence electrons. The molecule has 4 nitrogen and oxygen atoms in total. The van der Waals surface area contributed by atoms with E-state index in [-0.39, 0.29) is 24.2 Å². The maximum Gasteiger partial charge on any atom is 0.494 e. The molecule has 1 N–H and O–H groups in total. The molecule has 0 saturated carbocycles. The van der Waals surface area contributed by atoms with Gasteiger partial charge in [0.1, 0.15) is 0 Å². The minimum atomic E-state index is -0.388. The summed E-state index contributed by atoms with van der Waals surface area (Å²) in [5.74, 6) is 0.0832. The SMILES string of the molecule is CC1(C)OB(c2ccc3c(c2)NC(=O)CCC3)OC1(C)C. The fourth-order valence-corrected chi connectivity index (χ4v) is 2.71. The summed E-state index contributed by atoms with van der Waals surface area (Å²) >= 11 is 0. The topological polar surface area (TPSA) is 47.6 Å². The largest absolute Gasteiger partial charge is 0.494 e. The molecule has 0 radical (unpaired) electrons. The van der Waals surface area contributed by atoms with Crippen molar-refractivity contribution in [3.8, 4) is 0 Å². The van der Waals surface area contributed by atoms with E-state index in [2.05, 4.69) is 11.4 Å². The second kappa shape index (κ2) is 4.85. The van der Waals surface area contributed by atoms with Crippen LogP contribution in [0.5, 0.6) is 0 Å². The number of carbonyl (C=O) groups is 1. The molecule has 5 heteroatoms. The zero-order valence-corrected chi connectivity index (χ0v) is 13.2. The molecule has 2 aliphatic heterocycles. The zero-order chi connectivity index (χ0) is 15.3. The summed E-state index contributed by atoms with van der Waals surface area (Å²) in [7, 11) is -0.388. The highest BCUT2D eigenvalue weighted by atomic mass is 16.7. The predicted octanol–water partition coefficient (Wildman–Crippen LogP) is 2.26. The van der Waals surface area contributed by atoms with Crippen molar-refractivity contribution in [2.45, 2.75) is 58.2 Å². The Bertz CT molecular complexity index is 567. The molecule has 2 heterocycles. The highest BCUT2D eigenvalue weighted by molar-refractivity contribution is 6.62. The second-order valence-corrected chi connectivity index (χ2v) is 6.91. The minimum absolute atomic E-state index is 0.0832. The molecule has 0 atom stereocenters. The van der Waals surface area contributed by atoms with Gasteiger partial charge in [-0.15, -0.1) is 0 Å². The Morgan fingerprint density at radius 1 is 1.10 bits per heavy atom. The van der Waals surface area contributed by atoms with Crippen LogP contribution < -0.4 is 10.8 Å². The molecule has 0 unspecified atom stereocenters. The molecule has 1 aromatic carbocycles. The third-order valence-electron chi connectivity index (χ3n) is 4.78. The van der Waals surface area contributed by atoms with Gasteiger partial charge >= 0.3 is 7.12 Å². The third kappa shape index (κ3) is 2.60. The van der Waals surface area contributed by atoms with Crippen molar-refractivity contribution in [2.24, 2.45) is 0 Å². The normalized spacial score (nSPS) is 23.4. The fourth-order valence-electron chi connectivity index (χ4n) is 2.71. The van der Waals surface area contributed by atoms with Crippen LogP contribution in [0.3, 0.4) is 0 Å². The number of hydrogen-bond acceptors (Lipinski definition) is 3. The molecule has 0 bridgehead atoms. The van der Waals surface area contributed by atoms with Crippen LogP contribution in [0.15, 0.2) is 18.2 Å². The lowest BCUT2D eigenvalue weighted by Crippen LogP contribution is -2.41. The Labute approximate surface area is 126 Å². The Balaban J connectivity index is 1.90. The van der Waals surface area contributed by atoms with Gasteiger partial charge in [0, 0.05) is 12.1 Å². The minimum Gasteiger partial charge on any atom is -0.399 e.